The highest BCUT2D eigenvalue weighted by Gasteiger charge is 2.13. The minimum Gasteiger partial charge on any atom is -0.493 e. The normalized spacial score (nSPS) is 11.0. The lowest BCUT2D eigenvalue weighted by molar-refractivity contribution is 0.266. The van der Waals surface area contributed by atoms with E-state index < -0.39 is 0 Å². The Balaban J connectivity index is 1.38. The van der Waals surface area contributed by atoms with Gasteiger partial charge in [-0.3, -0.25) is 0 Å². The predicted molar refractivity (Wildman–Crippen MR) is 127 cm³/mol. The molecule has 1 aromatic heterocycles. The lowest BCUT2D eigenvalue weighted by Gasteiger charge is -2.14. The van der Waals surface area contributed by atoms with Gasteiger partial charge in [-0.05, 0) is 35.7 Å². The average molecular weight is 425 g/mol. The van der Waals surface area contributed by atoms with Gasteiger partial charge >= 0.3 is 0 Å². The van der Waals surface area contributed by atoms with Crippen LogP contribution < -0.4 is 14.2 Å². The van der Waals surface area contributed by atoms with Crippen molar-refractivity contribution < 1.29 is 14.2 Å². The fourth-order valence-electron chi connectivity index (χ4n) is 3.93. The van der Waals surface area contributed by atoms with Crippen LogP contribution in [0.15, 0.2) is 91.0 Å². The minimum atomic E-state index is 0.372. The van der Waals surface area contributed by atoms with Crippen molar-refractivity contribution in [1.29, 1.82) is 0 Å². The molecular formula is C27H24N2O3. The maximum atomic E-state index is 6.23. The third-order valence-electron chi connectivity index (χ3n) is 5.48. The summed E-state index contributed by atoms with van der Waals surface area (Å²) in [7, 11) is 1.65. The number of ether oxygens (including phenoxy) is 3. The molecule has 0 saturated heterocycles. The van der Waals surface area contributed by atoms with Crippen LogP contribution in [0.4, 0.5) is 0 Å². The van der Waals surface area contributed by atoms with Crippen molar-refractivity contribution in [3.63, 3.8) is 0 Å². The first-order valence-electron chi connectivity index (χ1n) is 10.6. The molecule has 5 heteroatoms. The Morgan fingerprint density at radius 1 is 0.719 bits per heavy atom. The molecule has 5 aromatic rings. The van der Waals surface area contributed by atoms with Crippen molar-refractivity contribution in [2.75, 3.05) is 13.7 Å². The van der Waals surface area contributed by atoms with E-state index in [2.05, 4.69) is 28.8 Å². The maximum Gasteiger partial charge on any atom is 0.161 e. The van der Waals surface area contributed by atoms with Gasteiger partial charge in [0.2, 0.25) is 0 Å². The minimum absolute atomic E-state index is 0.372. The van der Waals surface area contributed by atoms with Crippen LogP contribution in [0.1, 0.15) is 5.82 Å². The van der Waals surface area contributed by atoms with E-state index >= 15 is 0 Å². The van der Waals surface area contributed by atoms with Crippen molar-refractivity contribution in [2.24, 2.45) is 0 Å². The Bertz CT molecular complexity index is 1350. The number of hydrogen-bond acceptors (Lipinski definition) is 4. The molecule has 0 saturated carbocycles. The van der Waals surface area contributed by atoms with E-state index in [1.807, 2.05) is 66.7 Å². The summed E-state index contributed by atoms with van der Waals surface area (Å²) in [4.78, 5) is 4.82. The molecule has 0 unspecified atom stereocenters. The van der Waals surface area contributed by atoms with Crippen LogP contribution in [-0.2, 0) is 13.2 Å². The van der Waals surface area contributed by atoms with Gasteiger partial charge in [0.1, 0.15) is 24.8 Å². The molecule has 0 amide bonds. The second kappa shape index (κ2) is 9.02. The lowest BCUT2D eigenvalue weighted by atomic mass is 10.1. The first-order chi connectivity index (χ1) is 15.8. The highest BCUT2D eigenvalue weighted by atomic mass is 16.5. The van der Waals surface area contributed by atoms with Crippen molar-refractivity contribution in [3.8, 4) is 17.2 Å². The molecule has 5 nitrogen and oxygen atoms in total. The summed E-state index contributed by atoms with van der Waals surface area (Å²) in [6.07, 6.45) is 0. The molecular weight excluding hydrogens is 400 g/mol. The van der Waals surface area contributed by atoms with E-state index in [0.29, 0.717) is 19.8 Å². The molecule has 0 atom stereocenters. The van der Waals surface area contributed by atoms with Gasteiger partial charge in [0.25, 0.3) is 0 Å². The summed E-state index contributed by atoms with van der Waals surface area (Å²) in [5, 5.41) is 2.25. The molecule has 0 N–H and O–H groups in total. The van der Waals surface area contributed by atoms with Crippen LogP contribution in [0.25, 0.3) is 21.8 Å². The Hall–Kier alpha value is -3.99. The second-order valence-electron chi connectivity index (χ2n) is 7.43. The number of imidazole rings is 1. The first kappa shape index (κ1) is 19.9. The summed E-state index contributed by atoms with van der Waals surface area (Å²) in [5.41, 5.74) is 2.01. The van der Waals surface area contributed by atoms with Crippen molar-refractivity contribution in [1.82, 2.24) is 9.55 Å². The average Bonchev–Trinajstić information content (AvgIpc) is 3.20. The fraction of sp³-hybridized carbons (Fsp3) is 0.148. The molecule has 4 aromatic carbocycles. The molecule has 0 aliphatic carbocycles. The van der Waals surface area contributed by atoms with E-state index in [1.165, 1.54) is 0 Å². The van der Waals surface area contributed by atoms with E-state index in [-0.39, 0.29) is 0 Å². The Morgan fingerprint density at radius 3 is 2.34 bits per heavy atom. The highest BCUT2D eigenvalue weighted by molar-refractivity contribution is 5.88. The van der Waals surface area contributed by atoms with Gasteiger partial charge in [-0.1, -0.05) is 60.7 Å². The number of nitrogens with zero attached hydrogens (tertiary/aromatic N) is 2. The van der Waals surface area contributed by atoms with Gasteiger partial charge in [-0.15, -0.1) is 0 Å². The smallest absolute Gasteiger partial charge is 0.161 e. The summed E-state index contributed by atoms with van der Waals surface area (Å²) < 4.78 is 19.8. The zero-order valence-electron chi connectivity index (χ0n) is 17.9. The lowest BCUT2D eigenvalue weighted by Crippen LogP contribution is -2.13. The van der Waals surface area contributed by atoms with Crippen molar-refractivity contribution in [3.05, 3.63) is 96.8 Å². The highest BCUT2D eigenvalue weighted by Crippen LogP contribution is 2.27. The quantitative estimate of drug-likeness (QED) is 0.313. The summed E-state index contributed by atoms with van der Waals surface area (Å²) in [5.74, 6) is 3.17. The summed E-state index contributed by atoms with van der Waals surface area (Å²) >= 11 is 0. The molecule has 0 spiro atoms. The van der Waals surface area contributed by atoms with Gasteiger partial charge in [0.15, 0.2) is 11.5 Å². The van der Waals surface area contributed by atoms with Gasteiger partial charge in [-0.2, -0.15) is 0 Å². The number of rotatable bonds is 8. The zero-order chi connectivity index (χ0) is 21.8. The van der Waals surface area contributed by atoms with E-state index in [1.54, 1.807) is 7.11 Å². The fourth-order valence-corrected chi connectivity index (χ4v) is 3.93. The van der Waals surface area contributed by atoms with Crippen LogP contribution in [0, 0.1) is 0 Å². The molecule has 0 bridgehead atoms. The third-order valence-corrected chi connectivity index (χ3v) is 5.48. The SMILES string of the molecule is COc1ccccc1OCCn1c(COc2cccc3ccccc23)nc2ccccc21. The topological polar surface area (TPSA) is 45.5 Å². The molecule has 0 aliphatic heterocycles. The molecule has 1 heterocycles. The molecule has 160 valence electrons. The standard InChI is InChI=1S/C27H24N2O3/c1-30-25-14-6-7-15-26(25)31-18-17-29-23-13-5-4-12-22(23)28-27(29)19-32-24-16-8-10-20-9-2-3-11-21(20)24/h2-16H,17-19H2,1H3. The molecule has 5 rings (SSSR count). The first-order valence-corrected chi connectivity index (χ1v) is 10.6. The van der Waals surface area contributed by atoms with Crippen LogP contribution in [-0.4, -0.2) is 23.3 Å². The molecule has 0 fully saturated rings. The van der Waals surface area contributed by atoms with E-state index in [4.69, 9.17) is 19.2 Å². The zero-order valence-corrected chi connectivity index (χ0v) is 17.9. The maximum absolute atomic E-state index is 6.23. The van der Waals surface area contributed by atoms with Crippen molar-refractivity contribution >= 4 is 21.8 Å². The number of benzene rings is 4. The van der Waals surface area contributed by atoms with E-state index in [0.717, 1.165) is 44.9 Å². The number of aromatic nitrogens is 2. The molecule has 32 heavy (non-hydrogen) atoms. The largest absolute Gasteiger partial charge is 0.493 e. The monoisotopic (exact) mass is 424 g/mol. The summed E-state index contributed by atoms with van der Waals surface area (Å²) in [6.45, 7) is 1.51. The Labute approximate surface area is 186 Å². The van der Waals surface area contributed by atoms with Gasteiger partial charge < -0.3 is 18.8 Å². The van der Waals surface area contributed by atoms with Crippen molar-refractivity contribution in [2.45, 2.75) is 13.2 Å². The van der Waals surface area contributed by atoms with Crippen LogP contribution >= 0.6 is 0 Å². The van der Waals surface area contributed by atoms with Gasteiger partial charge in [-0.25, -0.2) is 4.98 Å². The predicted octanol–water partition coefficient (Wildman–Crippen LogP) is 5.86. The Morgan fingerprint density at radius 2 is 1.44 bits per heavy atom. The third kappa shape index (κ3) is 3.97. The summed E-state index contributed by atoms with van der Waals surface area (Å²) in [6, 6.07) is 30.1. The molecule has 0 aliphatic rings. The number of para-hydroxylation sites is 4. The van der Waals surface area contributed by atoms with Crippen LogP contribution in [0.2, 0.25) is 0 Å². The van der Waals surface area contributed by atoms with E-state index in [9.17, 15) is 0 Å². The Kier molecular flexibility index (Phi) is 5.62. The van der Waals surface area contributed by atoms with Crippen LogP contribution in [0.5, 0.6) is 17.2 Å². The molecule has 0 radical (unpaired) electrons. The second-order valence-corrected chi connectivity index (χ2v) is 7.43. The number of hydrogen-bond donors (Lipinski definition) is 0. The number of methoxy groups -OCH3 is 1. The van der Waals surface area contributed by atoms with Gasteiger partial charge in [0, 0.05) is 5.39 Å². The number of fused-ring (bicyclic) bond motifs is 2. The van der Waals surface area contributed by atoms with Gasteiger partial charge in [0.05, 0.1) is 24.7 Å². The van der Waals surface area contributed by atoms with Crippen LogP contribution in [0.3, 0.4) is 0 Å².